The van der Waals surface area contributed by atoms with Gasteiger partial charge in [0.25, 0.3) is 11.8 Å². The minimum Gasteiger partial charge on any atom is -0.504 e. The van der Waals surface area contributed by atoms with Gasteiger partial charge in [0.05, 0.1) is 7.11 Å². The lowest BCUT2D eigenvalue weighted by molar-refractivity contribution is -0.139. The Labute approximate surface area is 123 Å². The van der Waals surface area contributed by atoms with Gasteiger partial charge in [-0.05, 0) is 48.8 Å². The number of hydrogen-bond donors (Lipinski definition) is 1. The second-order valence-electron chi connectivity index (χ2n) is 4.74. The molecule has 0 atom stereocenters. The number of nitrogens with zero attached hydrogens (tertiary/aromatic N) is 1. The number of amides is 2. The van der Waals surface area contributed by atoms with Gasteiger partial charge in [-0.2, -0.15) is 0 Å². The summed E-state index contributed by atoms with van der Waals surface area (Å²) in [6, 6.07) is 3.36. The van der Waals surface area contributed by atoms with E-state index in [4.69, 9.17) is 4.74 Å². The highest BCUT2D eigenvalue weighted by Crippen LogP contribution is 2.31. The lowest BCUT2D eigenvalue weighted by Gasteiger charge is -2.19. The predicted octanol–water partition coefficient (Wildman–Crippen LogP) is 2.04. The van der Waals surface area contributed by atoms with E-state index in [0.717, 1.165) is 5.56 Å². The van der Waals surface area contributed by atoms with E-state index in [1.165, 1.54) is 24.2 Å². The number of ether oxygens (including phenoxy) is 1. The number of rotatable bonds is 3. The van der Waals surface area contributed by atoms with Crippen LogP contribution in [0.3, 0.4) is 0 Å². The van der Waals surface area contributed by atoms with E-state index in [1.54, 1.807) is 31.2 Å². The van der Waals surface area contributed by atoms with Gasteiger partial charge in [0, 0.05) is 12.6 Å². The van der Waals surface area contributed by atoms with E-state index < -0.39 is 0 Å². The number of methoxy groups -OCH3 is 1. The summed E-state index contributed by atoms with van der Waals surface area (Å²) in [4.78, 5) is 24.8. The van der Waals surface area contributed by atoms with E-state index >= 15 is 0 Å². The summed E-state index contributed by atoms with van der Waals surface area (Å²) >= 11 is 0. The Morgan fingerprint density at radius 2 is 2.19 bits per heavy atom. The van der Waals surface area contributed by atoms with Crippen molar-refractivity contribution < 1.29 is 19.4 Å². The van der Waals surface area contributed by atoms with Crippen LogP contribution >= 0.6 is 0 Å². The molecule has 110 valence electrons. The minimum atomic E-state index is -0.353. The van der Waals surface area contributed by atoms with Crippen LogP contribution in [0.5, 0.6) is 11.5 Å². The Hall–Kier alpha value is -2.56. The summed E-state index contributed by atoms with van der Waals surface area (Å²) in [7, 11) is 1.46. The molecular formula is C16H17NO4. The molecule has 2 rings (SSSR count). The maximum Gasteiger partial charge on any atom is 0.253 e. The van der Waals surface area contributed by atoms with E-state index in [2.05, 4.69) is 0 Å². The molecule has 2 amide bonds. The molecule has 0 saturated carbocycles. The number of phenols is 1. The highest BCUT2D eigenvalue weighted by molar-refractivity contribution is 6.06. The van der Waals surface area contributed by atoms with E-state index in [-0.39, 0.29) is 17.6 Å². The fourth-order valence-corrected chi connectivity index (χ4v) is 2.09. The number of carbonyl (C=O) groups is 2. The van der Waals surface area contributed by atoms with Crippen LogP contribution in [0.1, 0.15) is 17.5 Å². The highest BCUT2D eigenvalue weighted by atomic mass is 16.5. The van der Waals surface area contributed by atoms with Gasteiger partial charge < -0.3 is 9.84 Å². The average Bonchev–Trinajstić information content (AvgIpc) is 2.48. The molecule has 21 heavy (non-hydrogen) atoms. The third-order valence-corrected chi connectivity index (χ3v) is 3.24. The van der Waals surface area contributed by atoms with Crippen molar-refractivity contribution in [3.63, 3.8) is 0 Å². The van der Waals surface area contributed by atoms with Crippen molar-refractivity contribution in [2.24, 2.45) is 0 Å². The molecule has 1 N–H and O–H groups in total. The summed E-state index contributed by atoms with van der Waals surface area (Å²) in [5, 5.41) is 9.76. The van der Waals surface area contributed by atoms with Crippen molar-refractivity contribution in [3.8, 4) is 11.5 Å². The van der Waals surface area contributed by atoms with Crippen molar-refractivity contribution in [2.45, 2.75) is 13.3 Å². The first-order chi connectivity index (χ1) is 10.0. The van der Waals surface area contributed by atoms with Gasteiger partial charge in [-0.15, -0.1) is 0 Å². The van der Waals surface area contributed by atoms with E-state index in [9.17, 15) is 14.7 Å². The summed E-state index contributed by atoms with van der Waals surface area (Å²) < 4.78 is 5.06. The Kier molecular flexibility index (Phi) is 4.42. The molecule has 0 fully saturated rings. The van der Waals surface area contributed by atoms with Gasteiger partial charge in [0.2, 0.25) is 0 Å². The van der Waals surface area contributed by atoms with E-state index in [1.807, 2.05) is 0 Å². The third kappa shape index (κ3) is 3.31. The molecule has 0 saturated heterocycles. The van der Waals surface area contributed by atoms with Crippen LogP contribution in [0.25, 0.3) is 6.08 Å². The van der Waals surface area contributed by atoms with Crippen molar-refractivity contribution in [2.75, 3.05) is 13.7 Å². The summed E-state index contributed by atoms with van der Waals surface area (Å²) in [6.07, 6.45) is 6.79. The number of imide groups is 1. The minimum absolute atomic E-state index is 0.0809. The Morgan fingerprint density at radius 3 is 2.86 bits per heavy atom. The van der Waals surface area contributed by atoms with E-state index in [0.29, 0.717) is 24.3 Å². The first kappa shape index (κ1) is 14.8. The molecule has 0 aliphatic carbocycles. The standard InChI is InChI=1S/C16H17NO4/c1-11-9-12(10-13(21-2)16(11)20)6-7-15(19)17-8-4-3-5-14(17)18/h3,5-7,9-10,20H,4,8H2,1-2H3/b7-6+. The summed E-state index contributed by atoms with van der Waals surface area (Å²) in [5.41, 5.74) is 1.37. The summed E-state index contributed by atoms with van der Waals surface area (Å²) in [5.74, 6) is -0.221. The molecule has 5 heteroatoms. The number of carbonyl (C=O) groups excluding carboxylic acids is 2. The molecule has 1 aromatic rings. The van der Waals surface area contributed by atoms with Crippen LogP contribution in [0.15, 0.2) is 30.4 Å². The molecule has 1 aliphatic rings. The maximum absolute atomic E-state index is 12.0. The van der Waals surface area contributed by atoms with Crippen LogP contribution < -0.4 is 4.74 Å². The number of phenolic OH excluding ortho intramolecular Hbond substituents is 1. The quantitative estimate of drug-likeness (QED) is 0.864. The molecule has 0 aromatic heterocycles. The van der Waals surface area contributed by atoms with Crippen LogP contribution in [-0.4, -0.2) is 35.5 Å². The van der Waals surface area contributed by atoms with Crippen molar-refractivity contribution in [1.29, 1.82) is 0 Å². The number of aryl methyl sites for hydroxylation is 1. The largest absolute Gasteiger partial charge is 0.504 e. The first-order valence-electron chi connectivity index (χ1n) is 6.60. The van der Waals surface area contributed by atoms with Crippen LogP contribution in [0, 0.1) is 6.92 Å². The smallest absolute Gasteiger partial charge is 0.253 e. The lowest BCUT2D eigenvalue weighted by atomic mass is 10.1. The van der Waals surface area contributed by atoms with Gasteiger partial charge in [0.15, 0.2) is 11.5 Å². The number of hydrogen-bond acceptors (Lipinski definition) is 4. The van der Waals surface area contributed by atoms with Crippen molar-refractivity contribution in [1.82, 2.24) is 4.90 Å². The maximum atomic E-state index is 12.0. The monoisotopic (exact) mass is 287 g/mol. The lowest BCUT2D eigenvalue weighted by Crippen LogP contribution is -2.37. The Morgan fingerprint density at radius 1 is 1.43 bits per heavy atom. The van der Waals surface area contributed by atoms with Crippen LogP contribution in [-0.2, 0) is 9.59 Å². The third-order valence-electron chi connectivity index (χ3n) is 3.24. The van der Waals surface area contributed by atoms with Crippen LogP contribution in [0.4, 0.5) is 0 Å². The van der Waals surface area contributed by atoms with Gasteiger partial charge in [-0.3, -0.25) is 14.5 Å². The molecule has 5 nitrogen and oxygen atoms in total. The fourth-order valence-electron chi connectivity index (χ4n) is 2.09. The zero-order chi connectivity index (χ0) is 15.4. The van der Waals surface area contributed by atoms with Gasteiger partial charge in [-0.1, -0.05) is 6.08 Å². The first-order valence-corrected chi connectivity index (χ1v) is 6.60. The molecule has 0 radical (unpaired) electrons. The molecular weight excluding hydrogens is 270 g/mol. The Bertz CT molecular complexity index is 631. The number of benzene rings is 1. The molecule has 0 unspecified atom stereocenters. The van der Waals surface area contributed by atoms with Gasteiger partial charge in [0.1, 0.15) is 0 Å². The molecule has 1 aromatic carbocycles. The molecule has 1 aliphatic heterocycles. The predicted molar refractivity (Wildman–Crippen MR) is 78.9 cm³/mol. The zero-order valence-electron chi connectivity index (χ0n) is 12.0. The zero-order valence-corrected chi connectivity index (χ0v) is 12.0. The second-order valence-corrected chi connectivity index (χ2v) is 4.74. The highest BCUT2D eigenvalue weighted by Gasteiger charge is 2.18. The van der Waals surface area contributed by atoms with Crippen molar-refractivity contribution >= 4 is 17.9 Å². The van der Waals surface area contributed by atoms with Gasteiger partial charge >= 0.3 is 0 Å². The summed E-state index contributed by atoms with van der Waals surface area (Å²) in [6.45, 7) is 2.15. The molecule has 0 spiro atoms. The SMILES string of the molecule is COc1cc(/C=C/C(=O)N2CCC=CC2=O)cc(C)c1O. The Balaban J connectivity index is 2.17. The number of aromatic hydroxyl groups is 1. The van der Waals surface area contributed by atoms with Crippen LogP contribution in [0.2, 0.25) is 0 Å². The normalized spacial score (nSPS) is 14.8. The molecule has 0 bridgehead atoms. The molecule has 1 heterocycles. The van der Waals surface area contributed by atoms with Gasteiger partial charge in [-0.25, -0.2) is 0 Å². The average molecular weight is 287 g/mol. The topological polar surface area (TPSA) is 66.8 Å². The second kappa shape index (κ2) is 6.26. The van der Waals surface area contributed by atoms with Crippen molar-refractivity contribution in [3.05, 3.63) is 41.5 Å². The fraction of sp³-hybridized carbons (Fsp3) is 0.250.